The van der Waals surface area contributed by atoms with Crippen molar-refractivity contribution in [1.29, 1.82) is 0 Å². The minimum Gasteiger partial charge on any atom is -0.466 e. The summed E-state index contributed by atoms with van der Waals surface area (Å²) in [7, 11) is 0. The zero-order valence-electron chi connectivity index (χ0n) is 12.4. The van der Waals surface area contributed by atoms with Crippen molar-refractivity contribution in [2.45, 2.75) is 26.3 Å². The molecule has 0 spiro atoms. The Hall–Kier alpha value is -1.59. The first-order chi connectivity index (χ1) is 10.1. The molecule has 0 radical (unpaired) electrons. The van der Waals surface area contributed by atoms with Gasteiger partial charge in [0.1, 0.15) is 11.5 Å². The van der Waals surface area contributed by atoms with Gasteiger partial charge in [0.2, 0.25) is 0 Å². The van der Waals surface area contributed by atoms with Crippen LogP contribution < -0.4 is 5.32 Å². The van der Waals surface area contributed by atoms with Gasteiger partial charge in [-0.15, -0.1) is 0 Å². The summed E-state index contributed by atoms with van der Waals surface area (Å²) in [5.74, 6) is 1.40. The molecule has 3 heterocycles. The van der Waals surface area contributed by atoms with E-state index in [1.165, 1.54) is 12.0 Å². The van der Waals surface area contributed by atoms with Crippen LogP contribution in [0.15, 0.2) is 27.3 Å². The number of hydrogen-bond acceptors (Lipinski definition) is 4. The average molecular weight is 304 g/mol. The van der Waals surface area contributed by atoms with E-state index in [9.17, 15) is 4.79 Å². The minimum atomic E-state index is -0.0508. The molecular weight excluding hydrogens is 284 g/mol. The van der Waals surface area contributed by atoms with Crippen LogP contribution in [0.25, 0.3) is 0 Å². The third kappa shape index (κ3) is 3.04. The molecule has 112 valence electrons. The molecule has 5 heteroatoms. The lowest BCUT2D eigenvalue weighted by Gasteiger charge is -2.38. The number of nitrogens with zero attached hydrogens (tertiary/aromatic N) is 1. The van der Waals surface area contributed by atoms with Crippen LogP contribution in [0, 0.1) is 13.8 Å². The van der Waals surface area contributed by atoms with E-state index in [-0.39, 0.29) is 11.9 Å². The lowest BCUT2D eigenvalue weighted by atomic mass is 10.0. The van der Waals surface area contributed by atoms with Gasteiger partial charge in [0, 0.05) is 19.6 Å². The maximum absolute atomic E-state index is 12.3. The van der Waals surface area contributed by atoms with Crippen molar-refractivity contribution in [3.8, 4) is 0 Å². The second kappa shape index (κ2) is 6.03. The number of hydrogen-bond donors (Lipinski definition) is 1. The predicted molar refractivity (Wildman–Crippen MR) is 83.8 cm³/mol. The van der Waals surface area contributed by atoms with Crippen LogP contribution in [0.5, 0.6) is 0 Å². The smallest absolute Gasteiger partial charge is 0.254 e. The van der Waals surface area contributed by atoms with Gasteiger partial charge in [-0.05, 0) is 48.7 Å². The van der Waals surface area contributed by atoms with Crippen molar-refractivity contribution in [2.75, 3.05) is 19.6 Å². The van der Waals surface area contributed by atoms with Crippen molar-refractivity contribution in [2.24, 2.45) is 0 Å². The quantitative estimate of drug-likeness (QED) is 0.923. The number of thiophene rings is 1. The van der Waals surface area contributed by atoms with Gasteiger partial charge in [-0.2, -0.15) is 11.3 Å². The number of furan rings is 1. The van der Waals surface area contributed by atoms with Gasteiger partial charge in [-0.25, -0.2) is 0 Å². The highest BCUT2D eigenvalue weighted by Gasteiger charge is 2.26. The number of carbonyl (C=O) groups is 1. The van der Waals surface area contributed by atoms with Gasteiger partial charge < -0.3 is 9.73 Å². The van der Waals surface area contributed by atoms with E-state index < -0.39 is 0 Å². The lowest BCUT2D eigenvalue weighted by molar-refractivity contribution is 0.0884. The normalized spacial score (nSPS) is 16.5. The van der Waals surface area contributed by atoms with Crippen LogP contribution in [0.4, 0.5) is 0 Å². The Bertz CT molecular complexity index is 614. The summed E-state index contributed by atoms with van der Waals surface area (Å²) in [6.07, 6.45) is 1.24. The molecule has 0 aliphatic carbocycles. The van der Waals surface area contributed by atoms with Crippen molar-refractivity contribution >= 4 is 17.2 Å². The summed E-state index contributed by atoms with van der Waals surface area (Å²) in [6.45, 7) is 6.55. The summed E-state index contributed by atoms with van der Waals surface area (Å²) >= 11 is 1.70. The largest absolute Gasteiger partial charge is 0.466 e. The molecule has 1 N–H and O–H groups in total. The van der Waals surface area contributed by atoms with Gasteiger partial charge in [0.15, 0.2) is 0 Å². The molecule has 3 rings (SSSR count). The Kier molecular flexibility index (Phi) is 4.12. The standard InChI is InChI=1S/C16H20N2O2S/c1-11-8-14(12(2)20-11)16(19)17-9-15(18-5-3-6-18)13-4-7-21-10-13/h4,7-8,10,15H,3,5-6,9H2,1-2H3,(H,17,19)/t15-/m0/s1. The van der Waals surface area contributed by atoms with Crippen molar-refractivity contribution in [3.05, 3.63) is 45.5 Å². The molecule has 1 aliphatic heterocycles. The molecule has 2 aromatic rings. The average Bonchev–Trinajstić information content (AvgIpc) is 3.01. The van der Waals surface area contributed by atoms with Crippen LogP contribution in [0.1, 0.15) is 39.9 Å². The van der Waals surface area contributed by atoms with Gasteiger partial charge in [0.25, 0.3) is 5.91 Å². The van der Waals surface area contributed by atoms with E-state index in [2.05, 4.69) is 27.0 Å². The van der Waals surface area contributed by atoms with E-state index in [0.717, 1.165) is 18.8 Å². The second-order valence-electron chi connectivity index (χ2n) is 5.50. The molecule has 1 aliphatic rings. The first-order valence-corrected chi connectivity index (χ1v) is 8.21. The third-order valence-corrected chi connectivity index (χ3v) is 4.70. The number of likely N-dealkylation sites (tertiary alicyclic amines) is 1. The van der Waals surface area contributed by atoms with E-state index in [1.54, 1.807) is 17.4 Å². The van der Waals surface area contributed by atoms with Crippen LogP contribution in [-0.4, -0.2) is 30.4 Å². The molecule has 0 saturated carbocycles. The Morgan fingerprint density at radius 1 is 1.48 bits per heavy atom. The highest BCUT2D eigenvalue weighted by atomic mass is 32.1. The zero-order valence-corrected chi connectivity index (χ0v) is 13.2. The molecule has 1 fully saturated rings. The Balaban J connectivity index is 1.67. The summed E-state index contributed by atoms with van der Waals surface area (Å²) in [5.41, 5.74) is 1.93. The molecule has 0 aromatic carbocycles. The topological polar surface area (TPSA) is 45.5 Å². The molecule has 1 saturated heterocycles. The maximum atomic E-state index is 12.3. The van der Waals surface area contributed by atoms with Gasteiger partial charge in [-0.1, -0.05) is 0 Å². The third-order valence-electron chi connectivity index (χ3n) is 4.00. The molecule has 4 nitrogen and oxygen atoms in total. The molecular formula is C16H20N2O2S. The molecule has 2 aromatic heterocycles. The molecule has 0 bridgehead atoms. The number of rotatable bonds is 5. The van der Waals surface area contributed by atoms with Gasteiger partial charge in [-0.3, -0.25) is 9.69 Å². The van der Waals surface area contributed by atoms with Crippen LogP contribution in [-0.2, 0) is 0 Å². The first kappa shape index (κ1) is 14.4. The number of nitrogens with one attached hydrogen (secondary N) is 1. The van der Waals surface area contributed by atoms with Crippen molar-refractivity contribution in [3.63, 3.8) is 0 Å². The number of aryl methyl sites for hydroxylation is 2. The predicted octanol–water partition coefficient (Wildman–Crippen LogP) is 3.13. The van der Waals surface area contributed by atoms with Crippen molar-refractivity contribution in [1.82, 2.24) is 10.2 Å². The maximum Gasteiger partial charge on any atom is 0.254 e. The van der Waals surface area contributed by atoms with Crippen LogP contribution >= 0.6 is 11.3 Å². The van der Waals surface area contributed by atoms with Crippen LogP contribution in [0.2, 0.25) is 0 Å². The Morgan fingerprint density at radius 2 is 2.29 bits per heavy atom. The fourth-order valence-corrected chi connectivity index (χ4v) is 3.42. The monoisotopic (exact) mass is 304 g/mol. The molecule has 21 heavy (non-hydrogen) atoms. The fourth-order valence-electron chi connectivity index (χ4n) is 2.72. The van der Waals surface area contributed by atoms with E-state index >= 15 is 0 Å². The van der Waals surface area contributed by atoms with Crippen molar-refractivity contribution < 1.29 is 9.21 Å². The lowest BCUT2D eigenvalue weighted by Crippen LogP contribution is -2.45. The summed E-state index contributed by atoms with van der Waals surface area (Å²) in [6, 6.07) is 4.23. The first-order valence-electron chi connectivity index (χ1n) is 7.26. The summed E-state index contributed by atoms with van der Waals surface area (Å²) < 4.78 is 5.42. The zero-order chi connectivity index (χ0) is 14.8. The van der Waals surface area contributed by atoms with E-state index in [4.69, 9.17) is 4.42 Å². The van der Waals surface area contributed by atoms with E-state index in [1.807, 2.05) is 13.8 Å². The van der Waals surface area contributed by atoms with Gasteiger partial charge in [0.05, 0.1) is 11.6 Å². The number of amides is 1. The molecule has 1 amide bonds. The minimum absolute atomic E-state index is 0.0508. The summed E-state index contributed by atoms with van der Waals surface area (Å²) in [4.78, 5) is 14.7. The fraction of sp³-hybridized carbons (Fsp3) is 0.438. The molecule has 1 atom stereocenters. The Labute approximate surface area is 128 Å². The van der Waals surface area contributed by atoms with E-state index in [0.29, 0.717) is 17.9 Å². The highest BCUT2D eigenvalue weighted by Crippen LogP contribution is 2.26. The Morgan fingerprint density at radius 3 is 2.81 bits per heavy atom. The highest BCUT2D eigenvalue weighted by molar-refractivity contribution is 7.07. The molecule has 0 unspecified atom stereocenters. The SMILES string of the molecule is Cc1cc(C(=O)NC[C@@H](c2ccsc2)N2CCC2)c(C)o1. The van der Waals surface area contributed by atoms with Gasteiger partial charge >= 0.3 is 0 Å². The van der Waals surface area contributed by atoms with Crippen LogP contribution in [0.3, 0.4) is 0 Å². The second-order valence-corrected chi connectivity index (χ2v) is 6.28. The summed E-state index contributed by atoms with van der Waals surface area (Å²) in [5, 5.41) is 7.31. The number of carbonyl (C=O) groups excluding carboxylic acids is 1.